The van der Waals surface area contributed by atoms with Crippen molar-refractivity contribution in [3.05, 3.63) is 29.8 Å². The van der Waals surface area contributed by atoms with Gasteiger partial charge < -0.3 is 15.3 Å². The van der Waals surface area contributed by atoms with Gasteiger partial charge in [0.25, 0.3) is 0 Å². The van der Waals surface area contributed by atoms with Crippen LogP contribution in [0.15, 0.2) is 24.3 Å². The number of aliphatic carboxylic acids is 1. The van der Waals surface area contributed by atoms with E-state index in [-0.39, 0.29) is 30.6 Å². The fourth-order valence-electron chi connectivity index (χ4n) is 2.34. The molecule has 0 radical (unpaired) electrons. The molecule has 1 saturated heterocycles. The minimum absolute atomic E-state index is 0.0268. The van der Waals surface area contributed by atoms with Crippen molar-refractivity contribution < 1.29 is 19.5 Å². The standard InChI is InChI=1S/C15H18N2O4/c1-17-6-5-11(9-13(17)18)15(21)16-12-4-2-3-10(7-12)8-14(19)20/h2-4,7,11H,5-6,8-9H2,1H3,(H,16,21)(H,19,20). The summed E-state index contributed by atoms with van der Waals surface area (Å²) in [6, 6.07) is 6.75. The number of hydrogen-bond donors (Lipinski definition) is 2. The van der Waals surface area contributed by atoms with Gasteiger partial charge in [0.1, 0.15) is 0 Å². The molecule has 0 aromatic heterocycles. The molecular formula is C15H18N2O4. The molecule has 6 nitrogen and oxygen atoms in total. The number of carboxylic acids is 1. The van der Waals surface area contributed by atoms with Gasteiger partial charge in [0, 0.05) is 31.6 Å². The molecule has 1 aliphatic heterocycles. The first-order valence-corrected chi connectivity index (χ1v) is 6.81. The van der Waals surface area contributed by atoms with Crippen LogP contribution in [-0.4, -0.2) is 41.4 Å². The van der Waals surface area contributed by atoms with Crippen molar-refractivity contribution in [3.63, 3.8) is 0 Å². The largest absolute Gasteiger partial charge is 0.481 e. The SMILES string of the molecule is CN1CCC(C(=O)Nc2cccc(CC(=O)O)c2)CC1=O. The number of rotatable bonds is 4. The summed E-state index contributed by atoms with van der Waals surface area (Å²) in [5.74, 6) is -1.46. The molecule has 6 heteroatoms. The van der Waals surface area contributed by atoms with E-state index in [0.717, 1.165) is 0 Å². The summed E-state index contributed by atoms with van der Waals surface area (Å²) in [7, 11) is 1.73. The molecule has 0 aliphatic carbocycles. The molecule has 0 saturated carbocycles. The van der Waals surface area contributed by atoms with Crippen LogP contribution in [0.25, 0.3) is 0 Å². The fraction of sp³-hybridized carbons (Fsp3) is 0.400. The molecule has 1 aliphatic rings. The molecule has 1 unspecified atom stereocenters. The molecule has 21 heavy (non-hydrogen) atoms. The van der Waals surface area contributed by atoms with Gasteiger partial charge in [-0.3, -0.25) is 14.4 Å². The highest BCUT2D eigenvalue weighted by Crippen LogP contribution is 2.20. The molecule has 0 bridgehead atoms. The molecule has 2 N–H and O–H groups in total. The number of nitrogens with one attached hydrogen (secondary N) is 1. The number of likely N-dealkylation sites (tertiary alicyclic amines) is 1. The number of hydrogen-bond acceptors (Lipinski definition) is 3. The fourth-order valence-corrected chi connectivity index (χ4v) is 2.34. The molecule has 1 aromatic carbocycles. The monoisotopic (exact) mass is 290 g/mol. The lowest BCUT2D eigenvalue weighted by atomic mass is 9.95. The van der Waals surface area contributed by atoms with Crippen molar-refractivity contribution in [2.45, 2.75) is 19.3 Å². The predicted octanol–water partition coefficient (Wildman–Crippen LogP) is 1.12. The normalized spacial score (nSPS) is 18.4. The third-order valence-electron chi connectivity index (χ3n) is 3.58. The molecular weight excluding hydrogens is 272 g/mol. The summed E-state index contributed by atoms with van der Waals surface area (Å²) < 4.78 is 0. The highest BCUT2D eigenvalue weighted by molar-refractivity contribution is 5.95. The Morgan fingerprint density at radius 1 is 1.43 bits per heavy atom. The Bertz CT molecular complexity index is 571. The van der Waals surface area contributed by atoms with Gasteiger partial charge in [-0.15, -0.1) is 0 Å². The lowest BCUT2D eigenvalue weighted by molar-refractivity contribution is -0.137. The second-order valence-electron chi connectivity index (χ2n) is 5.27. The molecule has 1 atom stereocenters. The zero-order chi connectivity index (χ0) is 15.4. The highest BCUT2D eigenvalue weighted by atomic mass is 16.4. The van der Waals surface area contributed by atoms with Crippen LogP contribution in [0.4, 0.5) is 5.69 Å². The van der Waals surface area contributed by atoms with Crippen LogP contribution in [0.5, 0.6) is 0 Å². The Morgan fingerprint density at radius 3 is 2.86 bits per heavy atom. The van der Waals surface area contributed by atoms with Crippen molar-refractivity contribution in [2.24, 2.45) is 5.92 Å². The lowest BCUT2D eigenvalue weighted by Crippen LogP contribution is -2.39. The van der Waals surface area contributed by atoms with Crippen molar-refractivity contribution >= 4 is 23.5 Å². The number of anilines is 1. The number of carboxylic acid groups (broad SMARTS) is 1. The molecule has 112 valence electrons. The maximum atomic E-state index is 12.2. The first-order chi connectivity index (χ1) is 9.95. The van der Waals surface area contributed by atoms with Crippen molar-refractivity contribution in [2.75, 3.05) is 18.9 Å². The zero-order valence-electron chi connectivity index (χ0n) is 11.8. The first-order valence-electron chi connectivity index (χ1n) is 6.81. The maximum absolute atomic E-state index is 12.2. The van der Waals surface area contributed by atoms with Gasteiger partial charge in [0.15, 0.2) is 0 Å². The third-order valence-corrected chi connectivity index (χ3v) is 3.58. The quantitative estimate of drug-likeness (QED) is 0.870. The van der Waals surface area contributed by atoms with Gasteiger partial charge in [0.2, 0.25) is 11.8 Å². The third kappa shape index (κ3) is 4.05. The molecule has 0 spiro atoms. The van der Waals surface area contributed by atoms with Crippen LogP contribution in [0, 0.1) is 5.92 Å². The highest BCUT2D eigenvalue weighted by Gasteiger charge is 2.28. The predicted molar refractivity (Wildman–Crippen MR) is 76.8 cm³/mol. The maximum Gasteiger partial charge on any atom is 0.307 e. The van der Waals surface area contributed by atoms with Crippen LogP contribution < -0.4 is 5.32 Å². The van der Waals surface area contributed by atoms with Gasteiger partial charge in [-0.2, -0.15) is 0 Å². The van der Waals surface area contributed by atoms with Crippen LogP contribution in [0.1, 0.15) is 18.4 Å². The van der Waals surface area contributed by atoms with Crippen LogP contribution in [0.3, 0.4) is 0 Å². The first kappa shape index (κ1) is 15.0. The topological polar surface area (TPSA) is 86.7 Å². The van der Waals surface area contributed by atoms with E-state index in [1.165, 1.54) is 0 Å². The Hall–Kier alpha value is -2.37. The van der Waals surface area contributed by atoms with E-state index in [1.54, 1.807) is 36.2 Å². The minimum atomic E-state index is -0.917. The molecule has 2 amide bonds. The van der Waals surface area contributed by atoms with Gasteiger partial charge in [-0.05, 0) is 24.1 Å². The second kappa shape index (κ2) is 6.39. The Kier molecular flexibility index (Phi) is 4.57. The smallest absolute Gasteiger partial charge is 0.307 e. The van der Waals surface area contributed by atoms with E-state index in [1.807, 2.05) is 0 Å². The second-order valence-corrected chi connectivity index (χ2v) is 5.27. The van der Waals surface area contributed by atoms with Crippen LogP contribution in [0.2, 0.25) is 0 Å². The number of piperidine rings is 1. The van der Waals surface area contributed by atoms with Gasteiger partial charge in [-0.1, -0.05) is 12.1 Å². The summed E-state index contributed by atoms with van der Waals surface area (Å²) in [6.45, 7) is 0.579. The van der Waals surface area contributed by atoms with Crippen molar-refractivity contribution in [3.8, 4) is 0 Å². The number of amides is 2. The van der Waals surface area contributed by atoms with E-state index < -0.39 is 5.97 Å². The van der Waals surface area contributed by atoms with Crippen molar-refractivity contribution in [1.29, 1.82) is 0 Å². The van der Waals surface area contributed by atoms with Gasteiger partial charge >= 0.3 is 5.97 Å². The number of carbonyl (C=O) groups is 3. The lowest BCUT2D eigenvalue weighted by Gasteiger charge is -2.27. The number of benzene rings is 1. The van der Waals surface area contributed by atoms with E-state index >= 15 is 0 Å². The average Bonchev–Trinajstić information content (AvgIpc) is 2.41. The van der Waals surface area contributed by atoms with Crippen LogP contribution >= 0.6 is 0 Å². The van der Waals surface area contributed by atoms with E-state index in [2.05, 4.69) is 5.32 Å². The Morgan fingerprint density at radius 2 is 2.19 bits per heavy atom. The minimum Gasteiger partial charge on any atom is -0.481 e. The summed E-state index contributed by atoms with van der Waals surface area (Å²) in [4.78, 5) is 36.1. The molecule has 1 heterocycles. The number of carbonyl (C=O) groups excluding carboxylic acids is 2. The Labute approximate surface area is 122 Å². The van der Waals surface area contributed by atoms with Crippen molar-refractivity contribution in [1.82, 2.24) is 4.90 Å². The van der Waals surface area contributed by atoms with E-state index in [9.17, 15) is 14.4 Å². The summed E-state index contributed by atoms with van der Waals surface area (Å²) in [5, 5.41) is 11.5. The molecule has 2 rings (SSSR count). The summed E-state index contributed by atoms with van der Waals surface area (Å²) in [5.41, 5.74) is 1.19. The van der Waals surface area contributed by atoms with E-state index in [0.29, 0.717) is 24.2 Å². The Balaban J connectivity index is 1.99. The molecule has 1 aromatic rings. The average molecular weight is 290 g/mol. The summed E-state index contributed by atoms with van der Waals surface area (Å²) in [6.07, 6.45) is 0.774. The summed E-state index contributed by atoms with van der Waals surface area (Å²) >= 11 is 0. The van der Waals surface area contributed by atoms with Gasteiger partial charge in [-0.25, -0.2) is 0 Å². The van der Waals surface area contributed by atoms with Gasteiger partial charge in [0.05, 0.1) is 6.42 Å². The van der Waals surface area contributed by atoms with Crippen LogP contribution in [-0.2, 0) is 20.8 Å². The number of nitrogens with zero attached hydrogens (tertiary/aromatic N) is 1. The van der Waals surface area contributed by atoms with E-state index in [4.69, 9.17) is 5.11 Å². The molecule has 1 fully saturated rings. The zero-order valence-corrected chi connectivity index (χ0v) is 11.8.